The minimum atomic E-state index is -0.861. The molecule has 0 spiro atoms. The highest BCUT2D eigenvalue weighted by molar-refractivity contribution is 6.39. The van der Waals surface area contributed by atoms with Gasteiger partial charge in [0, 0.05) is 10.7 Å². The van der Waals surface area contributed by atoms with Crippen LogP contribution in [-0.2, 0) is 16.2 Å². The summed E-state index contributed by atoms with van der Waals surface area (Å²) in [5.41, 5.74) is 4.43. The third-order valence-electron chi connectivity index (χ3n) is 3.79. The lowest BCUT2D eigenvalue weighted by molar-refractivity contribution is -0.136. The van der Waals surface area contributed by atoms with E-state index < -0.39 is 11.8 Å². The minimum absolute atomic E-state index is 0.397. The molecule has 0 aliphatic carbocycles. The molecule has 29 heavy (non-hydrogen) atoms. The van der Waals surface area contributed by atoms with Gasteiger partial charge < -0.3 is 10.1 Å². The van der Waals surface area contributed by atoms with E-state index in [9.17, 15) is 9.59 Å². The lowest BCUT2D eigenvalue weighted by Gasteiger charge is -2.07. The lowest BCUT2D eigenvalue weighted by atomic mass is 10.2. The van der Waals surface area contributed by atoms with Gasteiger partial charge in [-0.3, -0.25) is 9.59 Å². The number of para-hydroxylation sites is 1. The monoisotopic (exact) mass is 407 g/mol. The Balaban J connectivity index is 1.51. The Kier molecular flexibility index (Phi) is 6.97. The van der Waals surface area contributed by atoms with E-state index in [1.807, 2.05) is 30.3 Å². The number of halogens is 1. The number of carbonyl (C=O) groups excluding carboxylic acids is 2. The van der Waals surface area contributed by atoms with Crippen molar-refractivity contribution in [1.82, 2.24) is 5.43 Å². The zero-order valence-corrected chi connectivity index (χ0v) is 16.1. The first-order valence-corrected chi connectivity index (χ1v) is 9.15. The average molecular weight is 408 g/mol. The average Bonchev–Trinajstić information content (AvgIpc) is 2.74. The van der Waals surface area contributed by atoms with Crippen molar-refractivity contribution in [2.24, 2.45) is 5.10 Å². The second-order valence-electron chi connectivity index (χ2n) is 6.01. The molecule has 0 bridgehead atoms. The van der Waals surface area contributed by atoms with Crippen molar-refractivity contribution in [1.29, 1.82) is 0 Å². The Morgan fingerprint density at radius 1 is 0.931 bits per heavy atom. The van der Waals surface area contributed by atoms with Crippen molar-refractivity contribution in [3.8, 4) is 5.75 Å². The maximum absolute atomic E-state index is 11.8. The Morgan fingerprint density at radius 2 is 1.69 bits per heavy atom. The van der Waals surface area contributed by atoms with E-state index >= 15 is 0 Å². The van der Waals surface area contributed by atoms with Gasteiger partial charge in [-0.05, 0) is 47.5 Å². The number of ether oxygens (including phenoxy) is 1. The molecular formula is C22H18ClN3O3. The highest BCUT2D eigenvalue weighted by atomic mass is 35.5. The maximum Gasteiger partial charge on any atom is 0.329 e. The van der Waals surface area contributed by atoms with Crippen LogP contribution in [0, 0.1) is 0 Å². The fraction of sp³-hybridized carbons (Fsp3) is 0.0455. The van der Waals surface area contributed by atoms with Gasteiger partial charge in [0.2, 0.25) is 0 Å². The van der Waals surface area contributed by atoms with E-state index in [0.717, 1.165) is 5.56 Å². The molecule has 3 aromatic carbocycles. The van der Waals surface area contributed by atoms with Gasteiger partial charge in [0.1, 0.15) is 12.4 Å². The third kappa shape index (κ3) is 6.48. The summed E-state index contributed by atoms with van der Waals surface area (Å²) >= 11 is 5.87. The standard InChI is InChI=1S/C22H18ClN3O3/c23-18-11-9-16(10-12-18)15-29-20-8-4-5-17(13-20)14-24-26-22(28)21(27)25-19-6-2-1-3-7-19/h1-14H,15H2,(H,25,27)(H,26,28). The Bertz CT molecular complexity index is 1010. The van der Waals surface area contributed by atoms with Crippen LogP contribution in [0.25, 0.3) is 0 Å². The molecular weight excluding hydrogens is 390 g/mol. The highest BCUT2D eigenvalue weighted by Gasteiger charge is 2.12. The fourth-order valence-corrected chi connectivity index (χ4v) is 2.48. The molecule has 146 valence electrons. The summed E-state index contributed by atoms with van der Waals surface area (Å²) in [6.45, 7) is 0.397. The topological polar surface area (TPSA) is 79.8 Å². The SMILES string of the molecule is O=C(NN=Cc1cccc(OCc2ccc(Cl)cc2)c1)C(=O)Nc1ccccc1. The molecule has 0 saturated heterocycles. The first-order valence-electron chi connectivity index (χ1n) is 8.77. The largest absolute Gasteiger partial charge is 0.489 e. The van der Waals surface area contributed by atoms with Crippen molar-refractivity contribution >= 4 is 35.3 Å². The smallest absolute Gasteiger partial charge is 0.329 e. The van der Waals surface area contributed by atoms with Gasteiger partial charge in [-0.2, -0.15) is 5.10 Å². The zero-order valence-electron chi connectivity index (χ0n) is 15.3. The molecule has 6 nitrogen and oxygen atoms in total. The summed E-state index contributed by atoms with van der Waals surface area (Å²) in [5.74, 6) is -1.01. The van der Waals surface area contributed by atoms with Crippen LogP contribution in [0.3, 0.4) is 0 Å². The zero-order chi connectivity index (χ0) is 20.5. The molecule has 3 aromatic rings. The fourth-order valence-electron chi connectivity index (χ4n) is 2.36. The Labute approximate surface area is 173 Å². The van der Waals surface area contributed by atoms with Crippen LogP contribution in [0.15, 0.2) is 84.0 Å². The summed E-state index contributed by atoms with van der Waals surface area (Å²) in [6.07, 6.45) is 1.43. The summed E-state index contributed by atoms with van der Waals surface area (Å²) in [6, 6.07) is 23.3. The summed E-state index contributed by atoms with van der Waals surface area (Å²) in [4.78, 5) is 23.6. The van der Waals surface area contributed by atoms with Crippen molar-refractivity contribution in [2.75, 3.05) is 5.32 Å². The molecule has 0 saturated carbocycles. The number of anilines is 1. The van der Waals surface area contributed by atoms with E-state index in [2.05, 4.69) is 15.8 Å². The number of benzene rings is 3. The number of amides is 2. The number of nitrogens with one attached hydrogen (secondary N) is 2. The van der Waals surface area contributed by atoms with Crippen LogP contribution < -0.4 is 15.5 Å². The number of nitrogens with zero attached hydrogens (tertiary/aromatic N) is 1. The van der Waals surface area contributed by atoms with Gasteiger partial charge in [0.15, 0.2) is 0 Å². The van der Waals surface area contributed by atoms with E-state index in [1.165, 1.54) is 6.21 Å². The maximum atomic E-state index is 11.8. The molecule has 0 aromatic heterocycles. The molecule has 2 amide bonds. The van der Waals surface area contributed by atoms with Gasteiger partial charge in [-0.1, -0.05) is 54.1 Å². The van der Waals surface area contributed by atoms with Crippen molar-refractivity contribution in [3.05, 3.63) is 95.0 Å². The molecule has 0 atom stereocenters. The van der Waals surface area contributed by atoms with Gasteiger partial charge in [-0.15, -0.1) is 0 Å². The molecule has 0 heterocycles. The quantitative estimate of drug-likeness (QED) is 0.368. The third-order valence-corrected chi connectivity index (χ3v) is 4.05. The van der Waals surface area contributed by atoms with E-state index in [1.54, 1.807) is 48.5 Å². The molecule has 0 unspecified atom stereocenters. The number of carbonyl (C=O) groups is 2. The molecule has 3 rings (SSSR count). The normalized spacial score (nSPS) is 10.5. The molecule has 7 heteroatoms. The number of hydrogen-bond acceptors (Lipinski definition) is 4. The Hall–Kier alpha value is -3.64. The van der Waals surface area contributed by atoms with Crippen molar-refractivity contribution < 1.29 is 14.3 Å². The predicted octanol–water partition coefficient (Wildman–Crippen LogP) is 4.01. The summed E-state index contributed by atoms with van der Waals surface area (Å²) < 4.78 is 5.75. The van der Waals surface area contributed by atoms with Gasteiger partial charge in [0.25, 0.3) is 0 Å². The van der Waals surface area contributed by atoms with E-state index in [4.69, 9.17) is 16.3 Å². The molecule has 0 fully saturated rings. The van der Waals surface area contributed by atoms with Crippen molar-refractivity contribution in [2.45, 2.75) is 6.61 Å². The van der Waals surface area contributed by atoms with Crippen LogP contribution in [0.4, 0.5) is 5.69 Å². The number of hydrazone groups is 1. The van der Waals surface area contributed by atoms with Crippen molar-refractivity contribution in [3.63, 3.8) is 0 Å². The Morgan fingerprint density at radius 3 is 2.45 bits per heavy atom. The summed E-state index contributed by atoms with van der Waals surface area (Å²) in [5, 5.41) is 6.97. The van der Waals surface area contributed by atoms with Crippen LogP contribution in [0.1, 0.15) is 11.1 Å². The molecule has 0 aliphatic rings. The number of hydrogen-bond donors (Lipinski definition) is 2. The first kappa shape index (κ1) is 20.1. The molecule has 0 aliphatic heterocycles. The van der Waals surface area contributed by atoms with E-state index in [-0.39, 0.29) is 0 Å². The highest BCUT2D eigenvalue weighted by Crippen LogP contribution is 2.15. The second-order valence-corrected chi connectivity index (χ2v) is 6.44. The van der Waals surface area contributed by atoms with Gasteiger partial charge in [-0.25, -0.2) is 5.43 Å². The van der Waals surface area contributed by atoms with Crippen LogP contribution in [0.2, 0.25) is 5.02 Å². The van der Waals surface area contributed by atoms with Gasteiger partial charge >= 0.3 is 11.8 Å². The van der Waals surface area contributed by atoms with Gasteiger partial charge in [0.05, 0.1) is 6.21 Å². The minimum Gasteiger partial charge on any atom is -0.489 e. The molecule has 2 N–H and O–H groups in total. The van der Waals surface area contributed by atoms with E-state index in [0.29, 0.717) is 28.6 Å². The molecule has 0 radical (unpaired) electrons. The number of rotatable bonds is 6. The van der Waals surface area contributed by atoms with Crippen LogP contribution in [-0.4, -0.2) is 18.0 Å². The van der Waals surface area contributed by atoms with Crippen LogP contribution >= 0.6 is 11.6 Å². The first-order chi connectivity index (χ1) is 14.1. The predicted molar refractivity (Wildman–Crippen MR) is 113 cm³/mol. The second kappa shape index (κ2) is 10.1. The summed E-state index contributed by atoms with van der Waals surface area (Å²) in [7, 11) is 0. The van der Waals surface area contributed by atoms with Crippen LogP contribution in [0.5, 0.6) is 5.75 Å². The lowest BCUT2D eigenvalue weighted by Crippen LogP contribution is -2.32.